The number of rotatable bonds is 4. The first-order valence-corrected chi connectivity index (χ1v) is 8.93. The van der Waals surface area contributed by atoms with Crippen LogP contribution in [0.1, 0.15) is 28.9 Å². The number of piperazine rings is 1. The van der Waals surface area contributed by atoms with Crippen molar-refractivity contribution in [1.82, 2.24) is 24.8 Å². The fourth-order valence-corrected chi connectivity index (χ4v) is 3.37. The molecule has 4 rings (SSSR count). The third-order valence-corrected chi connectivity index (χ3v) is 5.04. The van der Waals surface area contributed by atoms with Gasteiger partial charge in [0.15, 0.2) is 0 Å². The third kappa shape index (κ3) is 3.56. The number of primary amides is 1. The number of anilines is 1. The van der Waals surface area contributed by atoms with Gasteiger partial charge in [-0.05, 0) is 24.6 Å². The van der Waals surface area contributed by atoms with E-state index in [4.69, 9.17) is 5.73 Å². The zero-order valence-electron chi connectivity index (χ0n) is 15.1. The van der Waals surface area contributed by atoms with Crippen LogP contribution in [0.15, 0.2) is 43.0 Å². The first-order valence-electron chi connectivity index (χ1n) is 8.93. The monoisotopic (exact) mass is 363 g/mol. The van der Waals surface area contributed by atoms with E-state index in [1.807, 2.05) is 6.07 Å². The normalized spacial score (nSPS) is 16.4. The molecule has 0 spiro atoms. The molecule has 1 fully saturated rings. The molecule has 1 aromatic carbocycles. The van der Waals surface area contributed by atoms with Gasteiger partial charge in [-0.15, -0.1) is 0 Å². The fourth-order valence-electron chi connectivity index (χ4n) is 3.37. The van der Waals surface area contributed by atoms with Crippen LogP contribution < -0.4 is 10.6 Å². The average molecular weight is 363 g/mol. The van der Waals surface area contributed by atoms with Gasteiger partial charge in [0.1, 0.15) is 0 Å². The zero-order valence-corrected chi connectivity index (χ0v) is 15.1. The minimum atomic E-state index is -0.514. The Hall–Kier alpha value is -3.13. The maximum absolute atomic E-state index is 11.1. The lowest BCUT2D eigenvalue weighted by molar-refractivity contribution is 0.0999. The standard InChI is InChI=1S/C19H21N7O/c1-13(14-2-3-16-17(10-14)22-5-4-21-16)25-6-8-26(9-7-25)19-23-11-15(12-24-19)18(20)27/h2-5,10-13H,6-9H2,1H3,(H2,20,27). The summed E-state index contributed by atoms with van der Waals surface area (Å²) in [7, 11) is 0. The van der Waals surface area contributed by atoms with Crippen molar-refractivity contribution < 1.29 is 4.79 Å². The summed E-state index contributed by atoms with van der Waals surface area (Å²) >= 11 is 0. The number of nitrogens with two attached hydrogens (primary N) is 1. The minimum absolute atomic E-state index is 0.289. The van der Waals surface area contributed by atoms with Gasteiger partial charge in [0, 0.05) is 57.0 Å². The van der Waals surface area contributed by atoms with E-state index in [2.05, 4.69) is 48.8 Å². The summed E-state index contributed by atoms with van der Waals surface area (Å²) < 4.78 is 0. The molecule has 8 heteroatoms. The quantitative estimate of drug-likeness (QED) is 0.747. The van der Waals surface area contributed by atoms with Crippen LogP contribution in [0.2, 0.25) is 0 Å². The van der Waals surface area contributed by atoms with E-state index >= 15 is 0 Å². The molecule has 0 saturated carbocycles. The van der Waals surface area contributed by atoms with Crippen molar-refractivity contribution in [2.75, 3.05) is 31.1 Å². The summed E-state index contributed by atoms with van der Waals surface area (Å²) in [5.74, 6) is 0.119. The number of nitrogens with zero attached hydrogens (tertiary/aromatic N) is 6. The summed E-state index contributed by atoms with van der Waals surface area (Å²) in [6, 6.07) is 6.56. The molecule has 3 aromatic rings. The number of carbonyl (C=O) groups excluding carboxylic acids is 1. The van der Waals surface area contributed by atoms with Gasteiger partial charge in [0.2, 0.25) is 5.95 Å². The van der Waals surface area contributed by atoms with Crippen LogP contribution in [0, 0.1) is 0 Å². The number of fused-ring (bicyclic) bond motifs is 1. The second-order valence-corrected chi connectivity index (χ2v) is 6.64. The molecule has 2 N–H and O–H groups in total. The SMILES string of the molecule is CC(c1ccc2nccnc2c1)N1CCN(c2ncc(C(N)=O)cn2)CC1. The molecule has 0 bridgehead atoms. The first-order chi connectivity index (χ1) is 13.1. The Morgan fingerprint density at radius 1 is 1.00 bits per heavy atom. The first kappa shape index (κ1) is 17.3. The van der Waals surface area contributed by atoms with Crippen molar-refractivity contribution in [2.24, 2.45) is 5.73 Å². The van der Waals surface area contributed by atoms with Gasteiger partial charge in [0.25, 0.3) is 5.91 Å². The van der Waals surface area contributed by atoms with Gasteiger partial charge in [0.05, 0.1) is 16.6 Å². The van der Waals surface area contributed by atoms with Gasteiger partial charge in [-0.1, -0.05) is 6.07 Å². The predicted octanol–water partition coefficient (Wildman–Crippen LogP) is 1.40. The largest absolute Gasteiger partial charge is 0.366 e. The van der Waals surface area contributed by atoms with Crippen molar-refractivity contribution in [3.8, 4) is 0 Å². The molecule has 27 heavy (non-hydrogen) atoms. The summed E-state index contributed by atoms with van der Waals surface area (Å²) in [6.07, 6.45) is 6.40. The van der Waals surface area contributed by atoms with Gasteiger partial charge in [-0.25, -0.2) is 9.97 Å². The van der Waals surface area contributed by atoms with E-state index in [9.17, 15) is 4.79 Å². The molecule has 1 saturated heterocycles. The van der Waals surface area contributed by atoms with Crippen molar-refractivity contribution in [3.63, 3.8) is 0 Å². The van der Waals surface area contributed by atoms with Crippen LogP contribution in [0.3, 0.4) is 0 Å². The summed E-state index contributed by atoms with van der Waals surface area (Å²) in [6.45, 7) is 5.67. The highest BCUT2D eigenvalue weighted by atomic mass is 16.1. The topological polar surface area (TPSA) is 101 Å². The van der Waals surface area contributed by atoms with E-state index in [-0.39, 0.29) is 6.04 Å². The fraction of sp³-hybridized carbons (Fsp3) is 0.316. The van der Waals surface area contributed by atoms with Crippen LogP contribution in [0.4, 0.5) is 5.95 Å². The van der Waals surface area contributed by atoms with Gasteiger partial charge >= 0.3 is 0 Å². The number of aromatic nitrogens is 4. The Labute approximate surface area is 157 Å². The molecular formula is C19H21N7O. The predicted molar refractivity (Wildman–Crippen MR) is 102 cm³/mol. The number of amides is 1. The minimum Gasteiger partial charge on any atom is -0.366 e. The summed E-state index contributed by atoms with van der Waals surface area (Å²) in [5, 5.41) is 0. The third-order valence-electron chi connectivity index (χ3n) is 5.04. The lowest BCUT2D eigenvalue weighted by Gasteiger charge is -2.38. The Bertz CT molecular complexity index is 952. The summed E-state index contributed by atoms with van der Waals surface area (Å²) in [4.78, 5) is 33.0. The Kier molecular flexibility index (Phi) is 4.64. The van der Waals surface area contributed by atoms with E-state index in [0.29, 0.717) is 11.5 Å². The molecule has 0 aliphatic carbocycles. The molecule has 0 radical (unpaired) electrons. The van der Waals surface area contributed by atoms with E-state index in [1.54, 1.807) is 12.4 Å². The number of hydrogen-bond acceptors (Lipinski definition) is 7. The highest BCUT2D eigenvalue weighted by Crippen LogP contribution is 2.24. The van der Waals surface area contributed by atoms with Crippen LogP contribution in [0.5, 0.6) is 0 Å². The lowest BCUT2D eigenvalue weighted by atomic mass is 10.1. The molecule has 2 aromatic heterocycles. The molecule has 1 atom stereocenters. The number of benzene rings is 1. The van der Waals surface area contributed by atoms with Gasteiger partial charge < -0.3 is 10.6 Å². The van der Waals surface area contributed by atoms with E-state index in [0.717, 1.165) is 37.2 Å². The molecule has 3 heterocycles. The second kappa shape index (κ2) is 7.24. The molecule has 1 aliphatic heterocycles. The van der Waals surface area contributed by atoms with Gasteiger partial charge in [-0.3, -0.25) is 19.7 Å². The Balaban J connectivity index is 1.42. The average Bonchev–Trinajstić information content (AvgIpc) is 2.73. The van der Waals surface area contributed by atoms with E-state index in [1.165, 1.54) is 18.0 Å². The number of hydrogen-bond donors (Lipinski definition) is 1. The molecule has 8 nitrogen and oxygen atoms in total. The lowest BCUT2D eigenvalue weighted by Crippen LogP contribution is -2.47. The van der Waals surface area contributed by atoms with Crippen LogP contribution >= 0.6 is 0 Å². The highest BCUT2D eigenvalue weighted by Gasteiger charge is 2.23. The van der Waals surface area contributed by atoms with Crippen molar-refractivity contribution >= 4 is 22.9 Å². The van der Waals surface area contributed by atoms with Gasteiger partial charge in [-0.2, -0.15) is 0 Å². The smallest absolute Gasteiger partial charge is 0.251 e. The second-order valence-electron chi connectivity index (χ2n) is 6.64. The zero-order chi connectivity index (χ0) is 18.8. The molecule has 138 valence electrons. The molecule has 1 amide bonds. The number of carbonyl (C=O) groups is 1. The van der Waals surface area contributed by atoms with Crippen LogP contribution in [-0.4, -0.2) is 56.9 Å². The summed E-state index contributed by atoms with van der Waals surface area (Å²) in [5.41, 5.74) is 8.63. The highest BCUT2D eigenvalue weighted by molar-refractivity contribution is 5.92. The van der Waals surface area contributed by atoms with Crippen LogP contribution in [-0.2, 0) is 0 Å². The maximum atomic E-state index is 11.1. The van der Waals surface area contributed by atoms with Crippen LogP contribution in [0.25, 0.3) is 11.0 Å². The van der Waals surface area contributed by atoms with Crippen molar-refractivity contribution in [2.45, 2.75) is 13.0 Å². The van der Waals surface area contributed by atoms with Crippen molar-refractivity contribution in [1.29, 1.82) is 0 Å². The van der Waals surface area contributed by atoms with Crippen molar-refractivity contribution in [3.05, 3.63) is 54.1 Å². The molecule has 1 unspecified atom stereocenters. The Morgan fingerprint density at radius 2 is 1.67 bits per heavy atom. The van der Waals surface area contributed by atoms with E-state index < -0.39 is 5.91 Å². The Morgan fingerprint density at radius 3 is 2.33 bits per heavy atom. The molecular weight excluding hydrogens is 342 g/mol. The maximum Gasteiger partial charge on any atom is 0.251 e. The molecule has 1 aliphatic rings.